The van der Waals surface area contributed by atoms with E-state index in [1.165, 1.54) is 41.7 Å². The highest BCUT2D eigenvalue weighted by molar-refractivity contribution is 5.95. The normalized spacial score (nSPS) is 23.7. The maximum Gasteiger partial charge on any atom is 0.324 e. The zero-order valence-corrected chi connectivity index (χ0v) is 34.5. The Morgan fingerprint density at radius 3 is 2.41 bits per heavy atom. The highest BCUT2D eigenvalue weighted by atomic mass is 16.8. The average molecular weight is 868 g/mol. The van der Waals surface area contributed by atoms with E-state index in [1.807, 2.05) is 38.1 Å². The molecule has 4 aliphatic rings. The van der Waals surface area contributed by atoms with Crippen LogP contribution in [0.25, 0.3) is 27.8 Å². The number of carboxylic acid groups (broad SMARTS) is 1. The van der Waals surface area contributed by atoms with Crippen molar-refractivity contribution in [3.8, 4) is 22.6 Å². The number of hydrogen-bond acceptors (Lipinski definition) is 16. The van der Waals surface area contributed by atoms with Gasteiger partial charge in [-0.1, -0.05) is 42.2 Å². The molecule has 8 rings (SSSR count). The van der Waals surface area contributed by atoms with E-state index in [1.54, 1.807) is 18.3 Å². The zero-order valence-electron chi connectivity index (χ0n) is 34.5. The fraction of sp³-hybridized carbons (Fsp3) is 0.391. The second kappa shape index (κ2) is 18.4. The minimum atomic E-state index is -2.33. The number of aryl methyl sites for hydroxylation is 2. The predicted octanol–water partition coefficient (Wildman–Crippen LogP) is 3.45. The van der Waals surface area contributed by atoms with Crippen LogP contribution in [0.1, 0.15) is 48.8 Å². The third kappa shape index (κ3) is 9.12. The lowest BCUT2D eigenvalue weighted by molar-refractivity contribution is -0.344. The number of aliphatic imine (C=N–C) groups is 1. The lowest BCUT2D eigenvalue weighted by Crippen LogP contribution is -2.64. The molecule has 1 saturated heterocycles. The largest absolute Gasteiger partial charge is 0.508 e. The van der Waals surface area contributed by atoms with Crippen molar-refractivity contribution in [2.24, 2.45) is 10.9 Å². The van der Waals surface area contributed by atoms with Crippen LogP contribution in [0.3, 0.4) is 0 Å². The molecule has 4 heterocycles. The number of aliphatic hydroxyl groups is 4. The van der Waals surface area contributed by atoms with Crippen molar-refractivity contribution in [3.63, 3.8) is 0 Å². The Morgan fingerprint density at radius 1 is 0.984 bits per heavy atom. The number of carboxylic acids is 1. The molecule has 0 radical (unpaired) electrons. The summed E-state index contributed by atoms with van der Waals surface area (Å²) in [5.41, 5.74) is 5.24. The maximum absolute atomic E-state index is 13.6. The number of aliphatic carboxylic acids is 1. The molecular formula is C46H49N3O14. The Morgan fingerprint density at radius 2 is 1.71 bits per heavy atom. The zero-order chi connectivity index (χ0) is 44.5. The minimum Gasteiger partial charge on any atom is -0.508 e. The van der Waals surface area contributed by atoms with Crippen LogP contribution in [-0.2, 0) is 23.9 Å². The first-order valence-electron chi connectivity index (χ1n) is 20.8. The molecule has 332 valence electrons. The number of fused-ring (bicyclic) bond motifs is 2. The van der Waals surface area contributed by atoms with Gasteiger partial charge in [-0.3, -0.25) is 24.2 Å². The van der Waals surface area contributed by atoms with Crippen molar-refractivity contribution in [3.05, 3.63) is 111 Å². The summed E-state index contributed by atoms with van der Waals surface area (Å²) in [6, 6.07) is 15.1. The summed E-state index contributed by atoms with van der Waals surface area (Å²) >= 11 is 0. The molecule has 17 heteroatoms. The first-order chi connectivity index (χ1) is 30.3. The van der Waals surface area contributed by atoms with Gasteiger partial charge in [0.15, 0.2) is 23.6 Å². The molecule has 2 fully saturated rings. The number of nitrogens with one attached hydrogen (secondary N) is 1. The van der Waals surface area contributed by atoms with Crippen LogP contribution in [0, 0.1) is 19.8 Å². The summed E-state index contributed by atoms with van der Waals surface area (Å²) in [6.07, 6.45) is -3.32. The van der Waals surface area contributed by atoms with E-state index < -0.39 is 67.5 Å². The Hall–Kier alpha value is -5.92. The number of nitrogens with zero attached hydrogens (tertiary/aromatic N) is 2. The van der Waals surface area contributed by atoms with Gasteiger partial charge in [-0.25, -0.2) is 5.06 Å². The van der Waals surface area contributed by atoms with Crippen molar-refractivity contribution in [1.82, 2.24) is 10.4 Å². The van der Waals surface area contributed by atoms with Gasteiger partial charge in [0.05, 0.1) is 28.9 Å². The van der Waals surface area contributed by atoms with Gasteiger partial charge in [0.25, 0.3) is 0 Å². The Kier molecular flexibility index (Phi) is 12.8. The van der Waals surface area contributed by atoms with E-state index in [4.69, 9.17) is 23.5 Å². The molecule has 7 N–H and O–H groups in total. The van der Waals surface area contributed by atoms with E-state index >= 15 is 0 Å². The van der Waals surface area contributed by atoms with Crippen molar-refractivity contribution >= 4 is 34.8 Å². The Bertz CT molecular complexity index is 2490. The van der Waals surface area contributed by atoms with Gasteiger partial charge in [0, 0.05) is 42.1 Å². The summed E-state index contributed by atoms with van der Waals surface area (Å²) in [6.45, 7) is 3.65. The lowest BCUT2D eigenvalue weighted by atomic mass is 9.95. The van der Waals surface area contributed by atoms with Crippen LogP contribution in [0.15, 0.2) is 98.5 Å². The molecule has 3 aromatic carbocycles. The van der Waals surface area contributed by atoms with Gasteiger partial charge < -0.3 is 54.6 Å². The number of phenolic OH excluding ortho intramolecular Hbond substituents is 1. The van der Waals surface area contributed by atoms with E-state index in [2.05, 4.69) is 10.3 Å². The van der Waals surface area contributed by atoms with E-state index in [-0.39, 0.29) is 52.5 Å². The number of rotatable bonds is 15. The lowest BCUT2D eigenvalue weighted by Gasteiger charge is -2.44. The van der Waals surface area contributed by atoms with Gasteiger partial charge in [-0.05, 0) is 81.1 Å². The first-order valence-corrected chi connectivity index (χ1v) is 20.8. The summed E-state index contributed by atoms with van der Waals surface area (Å²) in [7, 11) is 0. The predicted molar refractivity (Wildman–Crippen MR) is 226 cm³/mol. The van der Waals surface area contributed by atoms with Crippen LogP contribution < -0.4 is 15.5 Å². The Balaban J connectivity index is 1.10. The SMILES string of the molecule is Cc1cc(C)cc(C2=C3N=CC=C3CN2O[C@@H]2[C@@H](Oc3ccc4c(=O)c(-c5ccc(O)cc5)coc4c3)O[C@@H]([C@@H](O)OC(=O)[C@H](C(=O)O)[C@H](CCO)NC3CCCC3)[C@H](O)[C@H]2O)c1. The van der Waals surface area contributed by atoms with Crippen LogP contribution in [0.2, 0.25) is 0 Å². The topological polar surface area (TPSA) is 250 Å². The van der Waals surface area contributed by atoms with Gasteiger partial charge in [-0.2, -0.15) is 0 Å². The fourth-order valence-corrected chi connectivity index (χ4v) is 8.72. The molecular weight excluding hydrogens is 819 g/mol. The summed E-state index contributed by atoms with van der Waals surface area (Å²) in [4.78, 5) is 50.7. The van der Waals surface area contributed by atoms with Crippen molar-refractivity contribution in [1.29, 1.82) is 0 Å². The molecule has 17 nitrogen and oxygen atoms in total. The molecule has 63 heavy (non-hydrogen) atoms. The number of benzene rings is 3. The van der Waals surface area contributed by atoms with Crippen LogP contribution in [0.4, 0.5) is 0 Å². The quantitative estimate of drug-likeness (QED) is 0.0514. The molecule has 8 atom stereocenters. The molecule has 1 aromatic heterocycles. The van der Waals surface area contributed by atoms with Crippen LogP contribution >= 0.6 is 0 Å². The number of aromatic hydroxyl groups is 1. The average Bonchev–Trinajstić information content (AvgIpc) is 4.00. The number of hydroxylamine groups is 2. The third-order valence-electron chi connectivity index (χ3n) is 11.8. The van der Waals surface area contributed by atoms with E-state index in [9.17, 15) is 45.0 Å². The second-order valence-corrected chi connectivity index (χ2v) is 16.3. The van der Waals surface area contributed by atoms with Crippen molar-refractivity contribution < 1.29 is 63.7 Å². The third-order valence-corrected chi connectivity index (χ3v) is 11.8. The highest BCUT2D eigenvalue weighted by Crippen LogP contribution is 2.40. The molecule has 0 bridgehead atoms. The van der Waals surface area contributed by atoms with Gasteiger partial charge in [0.2, 0.25) is 12.6 Å². The number of carbonyl (C=O) groups is 2. The summed E-state index contributed by atoms with van der Waals surface area (Å²) in [5, 5.41) is 69.3. The van der Waals surface area contributed by atoms with E-state index in [0.29, 0.717) is 17.0 Å². The number of aliphatic hydroxyl groups excluding tert-OH is 4. The number of esters is 1. The smallest absolute Gasteiger partial charge is 0.324 e. The summed E-state index contributed by atoms with van der Waals surface area (Å²) in [5.74, 6) is -4.70. The summed E-state index contributed by atoms with van der Waals surface area (Å²) < 4.78 is 23.5. The number of ether oxygens (including phenoxy) is 3. The first kappa shape index (κ1) is 43.7. The maximum atomic E-state index is 13.6. The van der Waals surface area contributed by atoms with Gasteiger partial charge >= 0.3 is 11.9 Å². The Labute approximate surface area is 361 Å². The minimum absolute atomic E-state index is 0.0304. The van der Waals surface area contributed by atoms with Gasteiger partial charge in [0.1, 0.15) is 35.6 Å². The number of phenols is 1. The molecule has 0 amide bonds. The van der Waals surface area contributed by atoms with Crippen LogP contribution in [-0.4, -0.2) is 116 Å². The fourth-order valence-electron chi connectivity index (χ4n) is 8.72. The van der Waals surface area contributed by atoms with Crippen LogP contribution in [0.5, 0.6) is 11.5 Å². The number of hydrogen-bond donors (Lipinski definition) is 7. The highest BCUT2D eigenvalue weighted by Gasteiger charge is 2.52. The molecule has 3 aliphatic heterocycles. The monoisotopic (exact) mass is 867 g/mol. The standard InChI is InChI=1S/C46H49N3O14/c1-23-17-24(2)19-27(18-23)37-36-26(13-15-47-36)21-49(37)63-42-40(54)39(53)41(45(58)62-44(57)35(43(55)56)33(14-16-50)48-28-5-3-4-6-28)61-46(42)60-30-11-12-31-34(20-30)59-22-32(38(31)52)25-7-9-29(51)10-8-25/h7-13,15,17-20,22,28,33,35,39-42,45-46,48,50-51,53-54,58H,3-6,14,16,21H2,1-2H3,(H,55,56)/t33-,35-,39+,40+,41+,42-,45-,46-/m0/s1. The molecule has 0 unspecified atom stereocenters. The number of allylic oxidation sites excluding steroid dienone is 1. The van der Waals surface area contributed by atoms with Crippen molar-refractivity contribution in [2.75, 3.05) is 13.2 Å². The molecule has 4 aromatic rings. The molecule has 1 saturated carbocycles. The molecule has 0 spiro atoms. The second-order valence-electron chi connectivity index (χ2n) is 16.3. The van der Waals surface area contributed by atoms with E-state index in [0.717, 1.165) is 47.9 Å². The molecule has 1 aliphatic carbocycles. The van der Waals surface area contributed by atoms with Gasteiger partial charge in [-0.15, -0.1) is 0 Å². The van der Waals surface area contributed by atoms with Crippen molar-refractivity contribution in [2.45, 2.75) is 95.0 Å². The number of carbonyl (C=O) groups excluding carboxylic acids is 1.